The molecule has 2 aromatic rings. The van der Waals surface area contributed by atoms with Gasteiger partial charge in [0, 0.05) is 19.7 Å². The average molecular weight is 505 g/mol. The predicted molar refractivity (Wildman–Crippen MR) is 128 cm³/mol. The standard InChI is InChI=1S/C23H26N4O2.C2HF3O2/c1-14(28)25-18-9-5-7-16(11-18)15-6-4-8-17(10-15)19-12-20(19)23(2)13-21(29)27(3)22(24)26-23;3-2(4,5)1(6)7/h4-11,19-20H,12-13H2,1-3H3,(H2,24,26)(H,25,28);(H,6,7)/t19-,20+,23-;/m0./s1. The normalized spacial score (nSPS) is 23.2. The van der Waals surface area contributed by atoms with Gasteiger partial charge in [0.05, 0.1) is 12.0 Å². The van der Waals surface area contributed by atoms with E-state index in [0.717, 1.165) is 23.2 Å². The number of carboxylic acids is 1. The van der Waals surface area contributed by atoms with Gasteiger partial charge in [0.2, 0.25) is 11.8 Å². The minimum absolute atomic E-state index is 0.0224. The number of hydrogen-bond acceptors (Lipinski definition) is 5. The lowest BCUT2D eigenvalue weighted by molar-refractivity contribution is -0.192. The second-order valence-electron chi connectivity index (χ2n) is 9.10. The number of carbonyl (C=O) groups excluding carboxylic acids is 2. The van der Waals surface area contributed by atoms with E-state index in [-0.39, 0.29) is 11.8 Å². The summed E-state index contributed by atoms with van der Waals surface area (Å²) in [6.07, 6.45) is -3.69. The van der Waals surface area contributed by atoms with E-state index in [9.17, 15) is 22.8 Å². The number of halogens is 3. The highest BCUT2D eigenvalue weighted by atomic mass is 19.4. The number of carbonyl (C=O) groups is 3. The monoisotopic (exact) mass is 504 g/mol. The number of nitrogens with one attached hydrogen (secondary N) is 1. The molecule has 1 fully saturated rings. The molecule has 2 aromatic carbocycles. The van der Waals surface area contributed by atoms with Gasteiger partial charge < -0.3 is 16.2 Å². The van der Waals surface area contributed by atoms with Crippen molar-refractivity contribution in [1.82, 2.24) is 4.90 Å². The highest BCUT2D eigenvalue weighted by Crippen LogP contribution is 2.56. The maximum Gasteiger partial charge on any atom is 0.490 e. The number of rotatable bonds is 4. The van der Waals surface area contributed by atoms with Crippen molar-refractivity contribution in [3.63, 3.8) is 0 Å². The zero-order valence-electron chi connectivity index (χ0n) is 20.0. The second kappa shape index (κ2) is 10.00. The van der Waals surface area contributed by atoms with Crippen molar-refractivity contribution in [2.24, 2.45) is 16.6 Å². The summed E-state index contributed by atoms with van der Waals surface area (Å²) in [6.45, 7) is 3.54. The first-order valence-electron chi connectivity index (χ1n) is 11.1. The highest BCUT2D eigenvalue weighted by molar-refractivity contribution is 5.98. The molecule has 0 spiro atoms. The molecule has 1 heterocycles. The number of benzene rings is 2. The van der Waals surface area contributed by atoms with Crippen molar-refractivity contribution in [3.05, 3.63) is 54.1 Å². The summed E-state index contributed by atoms with van der Waals surface area (Å²) < 4.78 is 31.7. The third kappa shape index (κ3) is 6.21. The second-order valence-corrected chi connectivity index (χ2v) is 9.10. The summed E-state index contributed by atoms with van der Waals surface area (Å²) in [5.41, 5.74) is 9.71. The number of nitrogens with two attached hydrogens (primary N) is 1. The molecule has 4 N–H and O–H groups in total. The van der Waals surface area contributed by atoms with E-state index in [1.54, 1.807) is 7.05 Å². The van der Waals surface area contributed by atoms with E-state index >= 15 is 0 Å². The lowest BCUT2D eigenvalue weighted by Gasteiger charge is -2.33. The topological polar surface area (TPSA) is 125 Å². The first-order chi connectivity index (χ1) is 16.7. The molecule has 1 saturated carbocycles. The number of aliphatic imine (C=N–C) groups is 1. The van der Waals surface area contributed by atoms with Gasteiger partial charge in [-0.05, 0) is 54.0 Å². The molecule has 0 unspecified atom stereocenters. The third-order valence-electron chi connectivity index (χ3n) is 6.26. The van der Waals surface area contributed by atoms with Crippen LogP contribution in [0.15, 0.2) is 53.5 Å². The summed E-state index contributed by atoms with van der Waals surface area (Å²) in [4.78, 5) is 38.6. The van der Waals surface area contributed by atoms with Gasteiger partial charge in [-0.25, -0.2) is 9.79 Å². The first-order valence-corrected chi connectivity index (χ1v) is 11.1. The van der Waals surface area contributed by atoms with Crippen LogP contribution in [0, 0.1) is 5.92 Å². The van der Waals surface area contributed by atoms with Crippen LogP contribution in [0.25, 0.3) is 11.1 Å². The first kappa shape index (κ1) is 26.7. The summed E-state index contributed by atoms with van der Waals surface area (Å²) in [5.74, 6) is -1.84. The molecular formula is C25H27F3N4O4. The van der Waals surface area contributed by atoms with Crippen LogP contribution in [0.1, 0.15) is 38.2 Å². The van der Waals surface area contributed by atoms with Crippen LogP contribution in [0.3, 0.4) is 0 Å². The van der Waals surface area contributed by atoms with E-state index in [0.29, 0.717) is 24.2 Å². The zero-order chi connectivity index (χ0) is 26.8. The van der Waals surface area contributed by atoms with Crippen molar-refractivity contribution in [1.29, 1.82) is 0 Å². The Hall–Kier alpha value is -3.89. The fourth-order valence-electron chi connectivity index (χ4n) is 4.32. The Morgan fingerprint density at radius 1 is 1.17 bits per heavy atom. The number of alkyl halides is 3. The molecule has 8 nitrogen and oxygen atoms in total. The molecule has 1 aliphatic carbocycles. The summed E-state index contributed by atoms with van der Waals surface area (Å²) in [7, 11) is 1.67. The van der Waals surface area contributed by atoms with E-state index in [1.807, 2.05) is 31.2 Å². The van der Waals surface area contributed by atoms with Crippen LogP contribution in [-0.2, 0) is 14.4 Å². The van der Waals surface area contributed by atoms with Gasteiger partial charge in [-0.1, -0.05) is 36.4 Å². The van der Waals surface area contributed by atoms with Crippen molar-refractivity contribution < 1.29 is 32.7 Å². The smallest absolute Gasteiger partial charge is 0.475 e. The number of anilines is 1. The van der Waals surface area contributed by atoms with Gasteiger partial charge in [-0.2, -0.15) is 13.2 Å². The van der Waals surface area contributed by atoms with Gasteiger partial charge in [0.15, 0.2) is 5.96 Å². The number of guanidine groups is 1. The molecule has 0 bridgehead atoms. The van der Waals surface area contributed by atoms with Gasteiger partial charge in [-0.15, -0.1) is 0 Å². The van der Waals surface area contributed by atoms with Crippen molar-refractivity contribution in [3.8, 4) is 11.1 Å². The summed E-state index contributed by atoms with van der Waals surface area (Å²) in [5, 5.41) is 9.96. The SMILES string of the molecule is CC(=O)Nc1cccc(-c2cccc([C@@H]3C[C@H]3[C@]3(C)CC(=O)N(C)C(N)=N3)c2)c1.O=C(O)C(F)(F)F. The van der Waals surface area contributed by atoms with Crippen LogP contribution in [0.5, 0.6) is 0 Å². The molecule has 0 saturated heterocycles. The minimum atomic E-state index is -5.08. The molecule has 0 aromatic heterocycles. The van der Waals surface area contributed by atoms with Crippen LogP contribution in [0.2, 0.25) is 0 Å². The molecule has 0 radical (unpaired) electrons. The number of carboxylic acid groups (broad SMARTS) is 1. The van der Waals surface area contributed by atoms with Crippen LogP contribution >= 0.6 is 0 Å². The Bertz CT molecular complexity index is 1210. The summed E-state index contributed by atoms with van der Waals surface area (Å²) in [6, 6.07) is 16.3. The fraction of sp³-hybridized carbons (Fsp3) is 0.360. The molecule has 11 heteroatoms. The van der Waals surface area contributed by atoms with Gasteiger partial charge in [0.1, 0.15) is 0 Å². The molecule has 2 amide bonds. The number of aliphatic carboxylic acids is 1. The van der Waals surface area contributed by atoms with Crippen LogP contribution in [-0.4, -0.2) is 52.5 Å². The average Bonchev–Trinajstić information content (AvgIpc) is 3.59. The Morgan fingerprint density at radius 2 is 1.75 bits per heavy atom. The van der Waals surface area contributed by atoms with Crippen LogP contribution in [0.4, 0.5) is 18.9 Å². The fourth-order valence-corrected chi connectivity index (χ4v) is 4.32. The molecule has 1 aliphatic heterocycles. The van der Waals surface area contributed by atoms with E-state index in [4.69, 9.17) is 15.6 Å². The highest BCUT2D eigenvalue weighted by Gasteiger charge is 2.53. The van der Waals surface area contributed by atoms with Crippen molar-refractivity contribution in [2.45, 2.75) is 44.3 Å². The quantitative estimate of drug-likeness (QED) is 0.581. The molecule has 192 valence electrons. The van der Waals surface area contributed by atoms with Gasteiger partial charge >= 0.3 is 12.1 Å². The Balaban J connectivity index is 0.000000454. The molecule has 36 heavy (non-hydrogen) atoms. The zero-order valence-corrected chi connectivity index (χ0v) is 20.0. The predicted octanol–water partition coefficient (Wildman–Crippen LogP) is 3.98. The maximum absolute atomic E-state index is 12.3. The lowest BCUT2D eigenvalue weighted by Crippen LogP contribution is -2.49. The number of nitrogens with zero attached hydrogens (tertiary/aromatic N) is 2. The van der Waals surface area contributed by atoms with E-state index in [1.165, 1.54) is 17.4 Å². The van der Waals surface area contributed by atoms with Crippen LogP contribution < -0.4 is 11.1 Å². The Morgan fingerprint density at radius 3 is 2.31 bits per heavy atom. The number of amides is 2. The maximum atomic E-state index is 12.3. The van der Waals surface area contributed by atoms with Gasteiger partial charge in [-0.3, -0.25) is 14.5 Å². The molecular weight excluding hydrogens is 477 g/mol. The van der Waals surface area contributed by atoms with E-state index < -0.39 is 17.7 Å². The molecule has 3 atom stereocenters. The Labute approximate surface area is 206 Å². The largest absolute Gasteiger partial charge is 0.490 e. The molecule has 2 aliphatic rings. The molecule has 4 rings (SSSR count). The van der Waals surface area contributed by atoms with Gasteiger partial charge in [0.25, 0.3) is 0 Å². The number of hydrogen-bond donors (Lipinski definition) is 3. The summed E-state index contributed by atoms with van der Waals surface area (Å²) >= 11 is 0. The van der Waals surface area contributed by atoms with Crippen molar-refractivity contribution >= 4 is 29.4 Å². The van der Waals surface area contributed by atoms with Crippen molar-refractivity contribution in [2.75, 3.05) is 12.4 Å². The lowest BCUT2D eigenvalue weighted by atomic mass is 9.87. The minimum Gasteiger partial charge on any atom is -0.475 e. The van der Waals surface area contributed by atoms with E-state index in [2.05, 4.69) is 34.6 Å². The third-order valence-corrected chi connectivity index (χ3v) is 6.26. The Kier molecular flexibility index (Phi) is 7.42.